The SMILES string of the molecule is C=NS/C=C(\C)c1ccc(CNC(=O)Nc2cc(C(C)=O)ccc2C)cc1.CCCC(CCC)c1ccc(C#N)cc1. The molecule has 0 unspecified atom stereocenters. The molecular weight excluding hydrogens is 540 g/mol. The Balaban J connectivity index is 0.000000347. The molecule has 220 valence electrons. The maximum absolute atomic E-state index is 12.2. The Bertz CT molecular complexity index is 1380. The molecule has 3 aromatic rings. The number of carbonyl (C=O) groups is 2. The van der Waals surface area contributed by atoms with E-state index in [0.29, 0.717) is 23.7 Å². The van der Waals surface area contributed by atoms with Gasteiger partial charge in [0, 0.05) is 29.7 Å². The molecule has 0 bridgehead atoms. The average Bonchev–Trinajstić information content (AvgIpc) is 3.00. The molecule has 3 aromatic carbocycles. The summed E-state index contributed by atoms with van der Waals surface area (Å²) in [6, 6.07) is 23.1. The number of carbonyl (C=O) groups excluding carboxylic acids is 2. The van der Waals surface area contributed by atoms with E-state index in [4.69, 9.17) is 5.26 Å². The minimum atomic E-state index is -0.313. The largest absolute Gasteiger partial charge is 0.334 e. The molecule has 7 heteroatoms. The smallest absolute Gasteiger partial charge is 0.319 e. The number of aryl methyl sites for hydroxylation is 1. The van der Waals surface area contributed by atoms with Crippen LogP contribution in [0.3, 0.4) is 0 Å². The number of rotatable bonds is 12. The first-order chi connectivity index (χ1) is 20.2. The second kappa shape index (κ2) is 18.3. The van der Waals surface area contributed by atoms with Crippen molar-refractivity contribution in [2.24, 2.45) is 4.40 Å². The van der Waals surface area contributed by atoms with Gasteiger partial charge in [-0.1, -0.05) is 75.2 Å². The standard InChI is InChI=1S/C21H23N3O2S.C14H19N/c1-14-5-8-19(16(3)25)11-20(14)24-21(26)23-12-17-6-9-18(10-7-17)15(2)13-27-22-4;1-3-5-13(6-4-2)14-9-7-12(11-15)8-10-14/h5-11,13H,4,12H2,1-3H3,(H2,23,24,26);7-10,13H,3-6H2,1-2H3/b15-13+;. The lowest BCUT2D eigenvalue weighted by molar-refractivity contribution is 0.101. The Hall–Kier alpha value is -4.15. The summed E-state index contributed by atoms with van der Waals surface area (Å²) in [5, 5.41) is 16.3. The molecule has 0 aliphatic heterocycles. The van der Waals surface area contributed by atoms with E-state index >= 15 is 0 Å². The van der Waals surface area contributed by atoms with Crippen LogP contribution in [-0.2, 0) is 6.54 Å². The first kappa shape index (κ1) is 34.1. The van der Waals surface area contributed by atoms with Crippen LogP contribution in [-0.4, -0.2) is 18.5 Å². The summed E-state index contributed by atoms with van der Waals surface area (Å²) in [6.45, 7) is 13.7. The van der Waals surface area contributed by atoms with Crippen molar-refractivity contribution in [2.45, 2.75) is 72.8 Å². The molecule has 2 amide bonds. The molecule has 0 saturated carbocycles. The lowest BCUT2D eigenvalue weighted by atomic mass is 9.90. The monoisotopic (exact) mass is 582 g/mol. The van der Waals surface area contributed by atoms with Crippen molar-refractivity contribution >= 4 is 41.7 Å². The number of allylic oxidation sites excluding steroid dienone is 1. The molecule has 0 aliphatic carbocycles. The van der Waals surface area contributed by atoms with Crippen LogP contribution in [0, 0.1) is 18.3 Å². The number of hydrogen-bond donors (Lipinski definition) is 2. The molecule has 0 spiro atoms. The van der Waals surface area contributed by atoms with Gasteiger partial charge in [0.05, 0.1) is 11.6 Å². The zero-order chi connectivity index (χ0) is 30.9. The van der Waals surface area contributed by atoms with Gasteiger partial charge in [0.2, 0.25) is 0 Å². The number of hydrogen-bond acceptors (Lipinski definition) is 5. The third-order valence-corrected chi connectivity index (χ3v) is 7.45. The first-order valence-electron chi connectivity index (χ1n) is 14.3. The highest BCUT2D eigenvalue weighted by Gasteiger charge is 2.10. The summed E-state index contributed by atoms with van der Waals surface area (Å²) in [6.07, 6.45) is 4.95. The Morgan fingerprint density at radius 2 is 1.60 bits per heavy atom. The number of benzene rings is 3. The van der Waals surface area contributed by atoms with Crippen LogP contribution in [0.5, 0.6) is 0 Å². The number of nitriles is 1. The summed E-state index contributed by atoms with van der Waals surface area (Å²) >= 11 is 1.30. The molecule has 0 aliphatic rings. The number of ketones is 1. The van der Waals surface area contributed by atoms with Gasteiger partial charge in [-0.15, -0.1) is 0 Å². The van der Waals surface area contributed by atoms with Crippen LogP contribution >= 0.6 is 11.9 Å². The second-order valence-electron chi connectivity index (χ2n) is 10.1. The van der Waals surface area contributed by atoms with Crippen molar-refractivity contribution in [1.82, 2.24) is 5.32 Å². The van der Waals surface area contributed by atoms with E-state index in [0.717, 1.165) is 27.8 Å². The van der Waals surface area contributed by atoms with E-state index in [1.54, 1.807) is 12.1 Å². The second-order valence-corrected chi connectivity index (χ2v) is 10.8. The first-order valence-corrected chi connectivity index (χ1v) is 15.1. The van der Waals surface area contributed by atoms with Gasteiger partial charge in [-0.25, -0.2) is 9.19 Å². The Kier molecular flexibility index (Phi) is 14.9. The summed E-state index contributed by atoms with van der Waals surface area (Å²) in [4.78, 5) is 23.7. The molecule has 0 radical (unpaired) electrons. The van der Waals surface area contributed by atoms with Crippen molar-refractivity contribution in [3.63, 3.8) is 0 Å². The van der Waals surface area contributed by atoms with Gasteiger partial charge >= 0.3 is 6.03 Å². The fraction of sp³-hybridized carbons (Fsp3) is 0.314. The van der Waals surface area contributed by atoms with Crippen molar-refractivity contribution in [1.29, 1.82) is 5.26 Å². The highest BCUT2D eigenvalue weighted by Crippen LogP contribution is 2.26. The van der Waals surface area contributed by atoms with Crippen LogP contribution in [0.2, 0.25) is 0 Å². The van der Waals surface area contributed by atoms with Crippen molar-refractivity contribution in [3.05, 3.63) is 106 Å². The number of nitrogens with one attached hydrogen (secondary N) is 2. The number of amides is 2. The normalized spacial score (nSPS) is 10.7. The van der Waals surface area contributed by atoms with Crippen molar-refractivity contribution in [3.8, 4) is 6.07 Å². The van der Waals surface area contributed by atoms with E-state index in [1.807, 2.05) is 61.7 Å². The molecule has 3 rings (SSSR count). The van der Waals surface area contributed by atoms with Crippen LogP contribution in [0.25, 0.3) is 5.57 Å². The van der Waals surface area contributed by atoms with Crippen LogP contribution in [0.4, 0.5) is 10.5 Å². The fourth-order valence-electron chi connectivity index (χ4n) is 4.40. The summed E-state index contributed by atoms with van der Waals surface area (Å²) in [5.74, 6) is 0.637. The van der Waals surface area contributed by atoms with Crippen LogP contribution in [0.15, 0.2) is 76.5 Å². The lowest BCUT2D eigenvalue weighted by Crippen LogP contribution is -2.28. The zero-order valence-electron chi connectivity index (χ0n) is 25.4. The average molecular weight is 583 g/mol. The van der Waals surface area contributed by atoms with Gasteiger partial charge in [-0.05, 0) is 97.7 Å². The van der Waals surface area contributed by atoms with Crippen LogP contribution in [0.1, 0.15) is 97.5 Å². The number of anilines is 1. The third-order valence-electron chi connectivity index (χ3n) is 6.84. The van der Waals surface area contributed by atoms with E-state index in [2.05, 4.69) is 53.8 Å². The minimum absolute atomic E-state index is 0.0369. The molecule has 0 fully saturated rings. The lowest BCUT2D eigenvalue weighted by Gasteiger charge is -2.15. The maximum atomic E-state index is 12.2. The molecular formula is C35H42N4O2S. The predicted molar refractivity (Wildman–Crippen MR) is 178 cm³/mol. The minimum Gasteiger partial charge on any atom is -0.334 e. The maximum Gasteiger partial charge on any atom is 0.319 e. The van der Waals surface area contributed by atoms with Crippen molar-refractivity contribution in [2.75, 3.05) is 5.32 Å². The highest BCUT2D eigenvalue weighted by molar-refractivity contribution is 8.01. The molecule has 6 nitrogen and oxygen atoms in total. The third kappa shape index (κ3) is 11.4. The number of urea groups is 1. The van der Waals surface area contributed by atoms with Gasteiger partial charge in [0.15, 0.2) is 5.78 Å². The molecule has 0 heterocycles. The number of nitrogens with zero attached hydrogens (tertiary/aromatic N) is 2. The Labute approximate surface area is 255 Å². The van der Waals surface area contributed by atoms with Gasteiger partial charge in [-0.3, -0.25) is 4.79 Å². The fourth-order valence-corrected chi connectivity index (χ4v) is 4.77. The molecule has 42 heavy (non-hydrogen) atoms. The Morgan fingerprint density at radius 1 is 0.976 bits per heavy atom. The quantitative estimate of drug-likeness (QED) is 0.126. The van der Waals surface area contributed by atoms with E-state index in [9.17, 15) is 9.59 Å². The summed E-state index contributed by atoms with van der Waals surface area (Å²) < 4.78 is 3.74. The highest BCUT2D eigenvalue weighted by atomic mass is 32.2. The van der Waals surface area contributed by atoms with Crippen molar-refractivity contribution < 1.29 is 9.59 Å². The van der Waals surface area contributed by atoms with Crippen LogP contribution < -0.4 is 10.6 Å². The topological polar surface area (TPSA) is 94.3 Å². The van der Waals surface area contributed by atoms with Gasteiger partial charge in [0.1, 0.15) is 0 Å². The van der Waals surface area contributed by atoms with Gasteiger partial charge in [-0.2, -0.15) is 5.26 Å². The molecule has 0 atom stereocenters. The molecule has 2 N–H and O–H groups in total. The van der Waals surface area contributed by atoms with Gasteiger partial charge in [0.25, 0.3) is 0 Å². The predicted octanol–water partition coefficient (Wildman–Crippen LogP) is 9.47. The Morgan fingerprint density at radius 3 is 2.14 bits per heavy atom. The van der Waals surface area contributed by atoms with E-state index in [-0.39, 0.29) is 11.8 Å². The molecule has 0 saturated heterocycles. The van der Waals surface area contributed by atoms with E-state index in [1.165, 1.54) is 50.1 Å². The zero-order valence-corrected chi connectivity index (χ0v) is 26.2. The summed E-state index contributed by atoms with van der Waals surface area (Å²) in [5.41, 5.74) is 7.42. The molecule has 0 aromatic heterocycles. The van der Waals surface area contributed by atoms with Gasteiger partial charge < -0.3 is 10.6 Å². The number of Topliss-reactive ketones (excluding diaryl/α,β-unsaturated/α-hetero) is 1. The van der Waals surface area contributed by atoms with E-state index < -0.39 is 0 Å². The summed E-state index contributed by atoms with van der Waals surface area (Å²) in [7, 11) is 0.